The second-order valence-corrected chi connectivity index (χ2v) is 4.58. The van der Waals surface area contributed by atoms with E-state index in [1.807, 2.05) is 36.4 Å². The Morgan fingerprint density at radius 3 is 1.84 bits per heavy atom. The number of ketones is 1. The van der Waals surface area contributed by atoms with E-state index in [4.69, 9.17) is 0 Å². The molecule has 1 nitrogen and oxygen atoms in total. The average Bonchev–Trinajstić information content (AvgIpc) is 2.49. The number of hydrogen-bond donors (Lipinski definition) is 0. The van der Waals surface area contributed by atoms with Crippen molar-refractivity contribution in [2.45, 2.75) is 18.8 Å². The maximum absolute atomic E-state index is 11.5. The van der Waals surface area contributed by atoms with Crippen molar-refractivity contribution in [1.82, 2.24) is 0 Å². The minimum Gasteiger partial charge on any atom is -0.295 e. The molecule has 0 radical (unpaired) electrons. The summed E-state index contributed by atoms with van der Waals surface area (Å²) in [4.78, 5) is 11.5. The first-order valence-corrected chi connectivity index (χ1v) is 6.56. The van der Waals surface area contributed by atoms with Gasteiger partial charge >= 0.3 is 0 Å². The quantitative estimate of drug-likeness (QED) is 0.696. The average molecular weight is 250 g/mol. The molecule has 0 heterocycles. The fourth-order valence-corrected chi connectivity index (χ4v) is 2.29. The zero-order chi connectivity index (χ0) is 13.5. The lowest BCUT2D eigenvalue weighted by Crippen LogP contribution is -2.04. The molecule has 0 N–H and O–H groups in total. The molecule has 2 rings (SSSR count). The highest BCUT2D eigenvalue weighted by Crippen LogP contribution is 2.29. The highest BCUT2D eigenvalue weighted by atomic mass is 16.1. The minimum absolute atomic E-state index is 0.108. The van der Waals surface area contributed by atoms with Crippen LogP contribution in [0.3, 0.4) is 0 Å². The summed E-state index contributed by atoms with van der Waals surface area (Å²) in [5.74, 6) is 0.378. The van der Waals surface area contributed by atoms with Gasteiger partial charge in [-0.05, 0) is 23.6 Å². The molecule has 19 heavy (non-hydrogen) atoms. The summed E-state index contributed by atoms with van der Waals surface area (Å²) in [6, 6.07) is 20.7. The van der Waals surface area contributed by atoms with Crippen LogP contribution in [0.5, 0.6) is 0 Å². The molecule has 1 heteroatoms. The van der Waals surface area contributed by atoms with Crippen LogP contribution in [-0.4, -0.2) is 5.78 Å². The number of carbonyl (C=O) groups excluding carboxylic acids is 1. The Hall–Kier alpha value is -2.15. The molecule has 0 saturated heterocycles. The van der Waals surface area contributed by atoms with Gasteiger partial charge in [-0.25, -0.2) is 0 Å². The van der Waals surface area contributed by atoms with Crippen molar-refractivity contribution in [3.05, 3.63) is 84.4 Å². The highest BCUT2D eigenvalue weighted by Gasteiger charge is 2.14. The molecule has 0 unspecified atom stereocenters. The Morgan fingerprint density at radius 1 is 0.947 bits per heavy atom. The predicted molar refractivity (Wildman–Crippen MR) is 79.2 cm³/mol. The zero-order valence-electron chi connectivity index (χ0n) is 11.0. The molecule has 0 amide bonds. The van der Waals surface area contributed by atoms with Crippen molar-refractivity contribution in [2.75, 3.05) is 0 Å². The van der Waals surface area contributed by atoms with Gasteiger partial charge in [-0.1, -0.05) is 67.2 Å². The van der Waals surface area contributed by atoms with E-state index in [-0.39, 0.29) is 11.7 Å². The number of rotatable bonds is 6. The van der Waals surface area contributed by atoms with Crippen LogP contribution in [0.4, 0.5) is 0 Å². The first kappa shape index (κ1) is 13.3. The third-order valence-electron chi connectivity index (χ3n) is 3.31. The van der Waals surface area contributed by atoms with E-state index >= 15 is 0 Å². The summed E-state index contributed by atoms with van der Waals surface area (Å²) in [7, 11) is 0. The van der Waals surface area contributed by atoms with Crippen LogP contribution in [0.2, 0.25) is 0 Å². The second kappa shape index (κ2) is 6.69. The van der Waals surface area contributed by atoms with E-state index in [2.05, 4.69) is 30.8 Å². The van der Waals surface area contributed by atoms with Gasteiger partial charge in [0.05, 0.1) is 0 Å². The number of hydrogen-bond acceptors (Lipinski definition) is 1. The Kier molecular flexibility index (Phi) is 4.68. The molecular weight excluding hydrogens is 232 g/mol. The van der Waals surface area contributed by atoms with Gasteiger partial charge in [0.1, 0.15) is 0 Å². The van der Waals surface area contributed by atoms with Gasteiger partial charge in [0, 0.05) is 12.3 Å². The topological polar surface area (TPSA) is 17.1 Å². The lowest BCUT2D eigenvalue weighted by Gasteiger charge is -2.17. The fourth-order valence-electron chi connectivity index (χ4n) is 2.29. The van der Waals surface area contributed by atoms with E-state index < -0.39 is 0 Å². The zero-order valence-corrected chi connectivity index (χ0v) is 11.0. The molecule has 2 aromatic rings. The molecule has 0 bridgehead atoms. The lowest BCUT2D eigenvalue weighted by molar-refractivity contribution is -0.114. The Bertz CT molecular complexity index is 489. The molecule has 0 aliphatic carbocycles. The summed E-state index contributed by atoms with van der Waals surface area (Å²) in [5.41, 5.74) is 2.51. The fraction of sp³-hybridized carbons (Fsp3) is 0.167. The number of carbonyl (C=O) groups is 1. The van der Waals surface area contributed by atoms with Crippen LogP contribution in [0, 0.1) is 0 Å². The van der Waals surface area contributed by atoms with Crippen LogP contribution in [0.1, 0.15) is 29.9 Å². The molecule has 0 atom stereocenters. The molecular formula is C18H18O. The number of benzene rings is 2. The van der Waals surface area contributed by atoms with Gasteiger partial charge < -0.3 is 0 Å². The van der Waals surface area contributed by atoms with Gasteiger partial charge in [0.15, 0.2) is 5.78 Å². The maximum Gasteiger partial charge on any atom is 0.155 e. The van der Waals surface area contributed by atoms with Gasteiger partial charge in [-0.15, -0.1) is 0 Å². The predicted octanol–water partition coefficient (Wildman–Crippen LogP) is 4.35. The SMILES string of the molecule is C=CC(=O)CCC(c1ccccc1)c1ccccc1. The first-order valence-electron chi connectivity index (χ1n) is 6.56. The summed E-state index contributed by atoms with van der Waals surface area (Å²) in [6.07, 6.45) is 2.77. The number of allylic oxidation sites excluding steroid dienone is 1. The Labute approximate surface area is 114 Å². The maximum atomic E-state index is 11.5. The van der Waals surface area contributed by atoms with Crippen molar-refractivity contribution in [1.29, 1.82) is 0 Å². The van der Waals surface area contributed by atoms with Gasteiger partial charge in [-0.3, -0.25) is 4.79 Å². The lowest BCUT2D eigenvalue weighted by atomic mass is 9.87. The van der Waals surface area contributed by atoms with Crippen LogP contribution in [0.15, 0.2) is 73.3 Å². The molecule has 2 aromatic carbocycles. The van der Waals surface area contributed by atoms with Crippen molar-refractivity contribution in [2.24, 2.45) is 0 Å². The monoisotopic (exact) mass is 250 g/mol. The molecule has 0 spiro atoms. The Morgan fingerprint density at radius 2 is 1.42 bits per heavy atom. The van der Waals surface area contributed by atoms with E-state index in [0.29, 0.717) is 6.42 Å². The second-order valence-electron chi connectivity index (χ2n) is 4.58. The minimum atomic E-state index is 0.108. The van der Waals surface area contributed by atoms with Gasteiger partial charge in [0.25, 0.3) is 0 Å². The summed E-state index contributed by atoms with van der Waals surface area (Å²) in [5, 5.41) is 0. The van der Waals surface area contributed by atoms with E-state index in [1.54, 1.807) is 0 Å². The van der Waals surface area contributed by atoms with Crippen molar-refractivity contribution < 1.29 is 4.79 Å². The summed E-state index contributed by atoms with van der Waals surface area (Å²) in [6.45, 7) is 3.53. The molecule has 0 aliphatic heterocycles. The van der Waals surface area contributed by atoms with Crippen LogP contribution < -0.4 is 0 Å². The summed E-state index contributed by atoms with van der Waals surface area (Å²) >= 11 is 0. The van der Waals surface area contributed by atoms with Crippen LogP contribution in [-0.2, 0) is 4.79 Å². The molecule has 0 saturated carbocycles. The normalized spacial score (nSPS) is 10.4. The molecule has 0 aromatic heterocycles. The van der Waals surface area contributed by atoms with E-state index in [0.717, 1.165) is 6.42 Å². The molecule has 0 aliphatic rings. The van der Waals surface area contributed by atoms with Gasteiger partial charge in [0.2, 0.25) is 0 Å². The highest BCUT2D eigenvalue weighted by molar-refractivity contribution is 5.89. The standard InChI is InChI=1S/C18H18O/c1-2-17(19)13-14-18(15-9-5-3-6-10-15)16-11-7-4-8-12-16/h2-12,18H,1,13-14H2. The van der Waals surface area contributed by atoms with E-state index in [1.165, 1.54) is 17.2 Å². The third-order valence-corrected chi connectivity index (χ3v) is 3.31. The van der Waals surface area contributed by atoms with Gasteiger partial charge in [-0.2, -0.15) is 0 Å². The van der Waals surface area contributed by atoms with Crippen molar-refractivity contribution in [3.63, 3.8) is 0 Å². The van der Waals surface area contributed by atoms with Crippen LogP contribution >= 0.6 is 0 Å². The smallest absolute Gasteiger partial charge is 0.155 e. The molecule has 96 valence electrons. The van der Waals surface area contributed by atoms with Crippen LogP contribution in [0.25, 0.3) is 0 Å². The molecule has 0 fully saturated rings. The Balaban J connectivity index is 2.24. The van der Waals surface area contributed by atoms with E-state index in [9.17, 15) is 4.79 Å². The first-order chi connectivity index (χ1) is 9.31. The summed E-state index contributed by atoms with van der Waals surface area (Å²) < 4.78 is 0. The van der Waals surface area contributed by atoms with Crippen molar-refractivity contribution >= 4 is 5.78 Å². The largest absolute Gasteiger partial charge is 0.295 e. The van der Waals surface area contributed by atoms with Crippen molar-refractivity contribution in [3.8, 4) is 0 Å². The third kappa shape index (κ3) is 3.65.